The second-order valence-corrected chi connectivity index (χ2v) is 7.82. The number of nitrogen functional groups attached to an aromatic ring is 1. The lowest BCUT2D eigenvalue weighted by atomic mass is 9.87. The SMILES string of the molecule is CC(C)[C@@H]1O[C@H](c2ccncc2N)C[C@H](NC(=O)OC(C)(C)C)[C@H]1O. The Bertz CT molecular complexity index is 600. The standard InChI is InChI=1S/C18H29N3O4/c1-10(2)16-15(22)13(21-17(23)25-18(3,4)5)8-14(24-16)11-6-7-20-9-12(11)19/h6-7,9-10,13-16,22H,8,19H2,1-5H3,(H,21,23)/t13-,14-,15+,16-/m0/s1. The van der Waals surface area contributed by atoms with Gasteiger partial charge in [0.2, 0.25) is 0 Å². The van der Waals surface area contributed by atoms with E-state index < -0.39 is 29.9 Å². The average molecular weight is 351 g/mol. The van der Waals surface area contributed by atoms with Gasteiger partial charge in [-0.25, -0.2) is 4.79 Å². The number of amides is 1. The van der Waals surface area contributed by atoms with Gasteiger partial charge in [0.25, 0.3) is 0 Å². The summed E-state index contributed by atoms with van der Waals surface area (Å²) in [7, 11) is 0. The average Bonchev–Trinajstić information content (AvgIpc) is 2.47. The van der Waals surface area contributed by atoms with E-state index in [4.69, 9.17) is 15.2 Å². The highest BCUT2D eigenvalue weighted by molar-refractivity contribution is 5.68. The lowest BCUT2D eigenvalue weighted by molar-refractivity contribution is -0.150. The topological polar surface area (TPSA) is 107 Å². The summed E-state index contributed by atoms with van der Waals surface area (Å²) in [5.41, 5.74) is 6.75. The molecule has 7 nitrogen and oxygen atoms in total. The van der Waals surface area contributed by atoms with Crippen LogP contribution in [0, 0.1) is 5.92 Å². The van der Waals surface area contributed by atoms with Gasteiger partial charge in [0.15, 0.2) is 0 Å². The van der Waals surface area contributed by atoms with Crippen molar-refractivity contribution in [3.05, 3.63) is 24.0 Å². The number of aliphatic hydroxyl groups excluding tert-OH is 1. The number of hydrogen-bond acceptors (Lipinski definition) is 6. The van der Waals surface area contributed by atoms with Crippen LogP contribution >= 0.6 is 0 Å². The summed E-state index contributed by atoms with van der Waals surface area (Å²) in [5, 5.41) is 13.4. The van der Waals surface area contributed by atoms with Crippen LogP contribution in [-0.4, -0.2) is 40.0 Å². The van der Waals surface area contributed by atoms with Crippen molar-refractivity contribution in [1.82, 2.24) is 10.3 Å². The second kappa shape index (κ2) is 7.58. The summed E-state index contributed by atoms with van der Waals surface area (Å²) in [6, 6.07) is 1.31. The number of alkyl carbamates (subject to hydrolysis) is 1. The van der Waals surface area contributed by atoms with Gasteiger partial charge in [-0.05, 0) is 32.8 Å². The summed E-state index contributed by atoms with van der Waals surface area (Å²) >= 11 is 0. The molecule has 1 aromatic heterocycles. The zero-order chi connectivity index (χ0) is 18.8. The molecular formula is C18H29N3O4. The molecule has 2 heterocycles. The first-order valence-corrected chi connectivity index (χ1v) is 8.61. The maximum atomic E-state index is 12.1. The fraction of sp³-hybridized carbons (Fsp3) is 0.667. The molecule has 0 unspecified atom stereocenters. The van der Waals surface area contributed by atoms with Crippen LogP contribution in [0.3, 0.4) is 0 Å². The number of anilines is 1. The molecule has 0 spiro atoms. The number of pyridine rings is 1. The number of ether oxygens (including phenoxy) is 2. The quantitative estimate of drug-likeness (QED) is 0.772. The fourth-order valence-electron chi connectivity index (χ4n) is 2.99. The molecule has 1 saturated heterocycles. The van der Waals surface area contributed by atoms with Crippen LogP contribution in [0.4, 0.5) is 10.5 Å². The number of aromatic nitrogens is 1. The van der Waals surface area contributed by atoms with Gasteiger partial charge in [-0.1, -0.05) is 13.8 Å². The minimum Gasteiger partial charge on any atom is -0.444 e. The predicted molar refractivity (Wildman–Crippen MR) is 94.9 cm³/mol. The van der Waals surface area contributed by atoms with Crippen molar-refractivity contribution in [1.29, 1.82) is 0 Å². The fourth-order valence-corrected chi connectivity index (χ4v) is 2.99. The molecule has 0 aromatic carbocycles. The van der Waals surface area contributed by atoms with Crippen molar-refractivity contribution in [3.63, 3.8) is 0 Å². The number of carbonyl (C=O) groups excluding carboxylic acids is 1. The Labute approximate surface area is 148 Å². The molecule has 7 heteroatoms. The number of hydrogen-bond donors (Lipinski definition) is 3. The van der Waals surface area contributed by atoms with Crippen LogP contribution in [0.2, 0.25) is 0 Å². The Morgan fingerprint density at radius 3 is 2.72 bits per heavy atom. The lowest BCUT2D eigenvalue weighted by Gasteiger charge is -2.42. The number of nitrogens with zero attached hydrogens (tertiary/aromatic N) is 1. The molecule has 1 aliphatic heterocycles. The highest BCUT2D eigenvalue weighted by Gasteiger charge is 2.41. The minimum atomic E-state index is -0.827. The zero-order valence-corrected chi connectivity index (χ0v) is 15.5. The van der Waals surface area contributed by atoms with Crippen molar-refractivity contribution < 1.29 is 19.4 Å². The van der Waals surface area contributed by atoms with Crippen LogP contribution in [0.1, 0.15) is 52.7 Å². The summed E-state index contributed by atoms with van der Waals surface area (Å²) in [4.78, 5) is 16.1. The van der Waals surface area contributed by atoms with Crippen LogP contribution < -0.4 is 11.1 Å². The van der Waals surface area contributed by atoms with Gasteiger partial charge >= 0.3 is 6.09 Å². The first kappa shape index (κ1) is 19.5. The van der Waals surface area contributed by atoms with Gasteiger partial charge in [0.1, 0.15) is 11.7 Å². The molecule has 0 saturated carbocycles. The van der Waals surface area contributed by atoms with E-state index in [0.717, 1.165) is 5.56 Å². The van der Waals surface area contributed by atoms with Crippen molar-refractivity contribution in [2.45, 2.75) is 71.0 Å². The summed E-state index contributed by atoms with van der Waals surface area (Å²) in [6.45, 7) is 9.33. The Hall–Kier alpha value is -1.86. The van der Waals surface area contributed by atoms with E-state index >= 15 is 0 Å². The highest BCUT2D eigenvalue weighted by atomic mass is 16.6. The molecule has 4 atom stereocenters. The molecule has 0 bridgehead atoms. The van der Waals surface area contributed by atoms with Crippen LogP contribution in [-0.2, 0) is 9.47 Å². The van der Waals surface area contributed by atoms with Crippen molar-refractivity contribution >= 4 is 11.8 Å². The highest BCUT2D eigenvalue weighted by Crippen LogP contribution is 2.36. The van der Waals surface area contributed by atoms with E-state index in [1.165, 1.54) is 0 Å². The Kier molecular flexibility index (Phi) is 5.90. The van der Waals surface area contributed by atoms with E-state index in [0.29, 0.717) is 12.1 Å². The van der Waals surface area contributed by atoms with Crippen molar-refractivity contribution in [2.24, 2.45) is 5.92 Å². The van der Waals surface area contributed by atoms with Crippen LogP contribution in [0.15, 0.2) is 18.5 Å². The molecule has 25 heavy (non-hydrogen) atoms. The van der Waals surface area contributed by atoms with Gasteiger partial charge in [-0.15, -0.1) is 0 Å². The van der Waals surface area contributed by atoms with Crippen LogP contribution in [0.25, 0.3) is 0 Å². The van der Waals surface area contributed by atoms with E-state index in [1.54, 1.807) is 39.2 Å². The molecule has 1 fully saturated rings. The van der Waals surface area contributed by atoms with E-state index in [-0.39, 0.29) is 12.0 Å². The summed E-state index contributed by atoms with van der Waals surface area (Å²) in [6.07, 6.45) is 1.49. The van der Waals surface area contributed by atoms with Crippen molar-refractivity contribution in [2.75, 3.05) is 5.73 Å². The molecule has 1 aromatic rings. The van der Waals surface area contributed by atoms with Gasteiger partial charge < -0.3 is 25.6 Å². The molecule has 4 N–H and O–H groups in total. The van der Waals surface area contributed by atoms with E-state index in [1.807, 2.05) is 13.8 Å². The third-order valence-electron chi connectivity index (χ3n) is 4.13. The van der Waals surface area contributed by atoms with E-state index in [9.17, 15) is 9.90 Å². The lowest BCUT2D eigenvalue weighted by Crippen LogP contribution is -2.55. The van der Waals surface area contributed by atoms with Crippen molar-refractivity contribution in [3.8, 4) is 0 Å². The predicted octanol–water partition coefficient (Wildman–Crippen LogP) is 2.40. The normalized spacial score (nSPS) is 27.2. The molecule has 2 rings (SSSR count). The number of nitrogens with one attached hydrogen (secondary N) is 1. The summed E-state index contributed by atoms with van der Waals surface area (Å²) in [5.74, 6) is 0.0730. The van der Waals surface area contributed by atoms with Gasteiger partial charge in [0, 0.05) is 18.2 Å². The van der Waals surface area contributed by atoms with E-state index in [2.05, 4.69) is 10.3 Å². The van der Waals surface area contributed by atoms with Crippen LogP contribution in [0.5, 0.6) is 0 Å². The van der Waals surface area contributed by atoms with Gasteiger partial charge in [0.05, 0.1) is 30.1 Å². The smallest absolute Gasteiger partial charge is 0.407 e. The maximum absolute atomic E-state index is 12.1. The second-order valence-electron chi connectivity index (χ2n) is 7.82. The maximum Gasteiger partial charge on any atom is 0.407 e. The number of carbonyl (C=O) groups is 1. The first-order chi connectivity index (χ1) is 11.6. The molecule has 1 aliphatic rings. The Morgan fingerprint density at radius 1 is 1.48 bits per heavy atom. The summed E-state index contributed by atoms with van der Waals surface area (Å²) < 4.78 is 11.4. The first-order valence-electron chi connectivity index (χ1n) is 8.61. The molecule has 0 aliphatic carbocycles. The third-order valence-corrected chi connectivity index (χ3v) is 4.13. The Balaban J connectivity index is 2.20. The number of nitrogens with two attached hydrogens (primary N) is 1. The molecular weight excluding hydrogens is 322 g/mol. The number of rotatable bonds is 3. The molecule has 1 amide bonds. The Morgan fingerprint density at radius 2 is 2.16 bits per heavy atom. The third kappa shape index (κ3) is 5.06. The minimum absolute atomic E-state index is 0.0730. The molecule has 0 radical (unpaired) electrons. The zero-order valence-electron chi connectivity index (χ0n) is 15.5. The van der Waals surface area contributed by atoms with Gasteiger partial charge in [-0.3, -0.25) is 4.98 Å². The molecule has 140 valence electrons. The monoisotopic (exact) mass is 351 g/mol. The number of aliphatic hydroxyl groups is 1. The van der Waals surface area contributed by atoms with Gasteiger partial charge in [-0.2, -0.15) is 0 Å². The largest absolute Gasteiger partial charge is 0.444 e.